The fraction of sp³-hybridized carbons (Fsp3) is 0.429. The zero-order valence-corrected chi connectivity index (χ0v) is 10.9. The first-order valence-electron chi connectivity index (χ1n) is 6.40. The van der Waals surface area contributed by atoms with E-state index in [1.54, 1.807) is 7.11 Å². The molecule has 0 saturated heterocycles. The molecule has 0 heterocycles. The third-order valence-electron chi connectivity index (χ3n) is 3.07. The number of rotatable bonds is 5. The molecule has 1 aliphatic rings. The summed E-state index contributed by atoms with van der Waals surface area (Å²) in [4.78, 5) is 22.9. The van der Waals surface area contributed by atoms with Gasteiger partial charge in [0.15, 0.2) is 0 Å². The molecular formula is C14H18N2O3. The average Bonchev–Trinajstić information content (AvgIpc) is 3.27. The second-order valence-electron chi connectivity index (χ2n) is 4.66. The number of hydrazine groups is 1. The molecule has 1 aromatic carbocycles. The van der Waals surface area contributed by atoms with E-state index in [1.165, 1.54) is 0 Å². The summed E-state index contributed by atoms with van der Waals surface area (Å²) in [7, 11) is 1.62. The van der Waals surface area contributed by atoms with Gasteiger partial charge in [-0.15, -0.1) is 0 Å². The van der Waals surface area contributed by atoms with Crippen molar-refractivity contribution in [2.45, 2.75) is 25.7 Å². The maximum atomic E-state index is 11.5. The van der Waals surface area contributed by atoms with Crippen LogP contribution < -0.4 is 15.6 Å². The summed E-state index contributed by atoms with van der Waals surface area (Å²) < 4.78 is 5.06. The average molecular weight is 262 g/mol. The third-order valence-corrected chi connectivity index (χ3v) is 3.07. The van der Waals surface area contributed by atoms with Gasteiger partial charge in [0.1, 0.15) is 5.75 Å². The first-order valence-corrected chi connectivity index (χ1v) is 6.40. The highest BCUT2D eigenvalue weighted by molar-refractivity contribution is 5.84. The maximum absolute atomic E-state index is 11.5. The van der Waals surface area contributed by atoms with Gasteiger partial charge in [0.2, 0.25) is 11.8 Å². The number of hydrogen-bond donors (Lipinski definition) is 2. The lowest BCUT2D eigenvalue weighted by atomic mass is 10.1. The van der Waals surface area contributed by atoms with Crippen LogP contribution in [-0.2, 0) is 16.0 Å². The monoisotopic (exact) mass is 262 g/mol. The molecule has 0 aliphatic heterocycles. The summed E-state index contributed by atoms with van der Waals surface area (Å²) in [5.74, 6) is 0.634. The topological polar surface area (TPSA) is 67.4 Å². The molecule has 1 saturated carbocycles. The van der Waals surface area contributed by atoms with Gasteiger partial charge in [-0.3, -0.25) is 20.4 Å². The van der Waals surface area contributed by atoms with Gasteiger partial charge in [0.05, 0.1) is 7.11 Å². The second kappa shape index (κ2) is 6.22. The van der Waals surface area contributed by atoms with Gasteiger partial charge in [-0.25, -0.2) is 0 Å². The molecule has 0 aromatic heterocycles. The summed E-state index contributed by atoms with van der Waals surface area (Å²) in [5, 5.41) is 0. The predicted octanol–water partition coefficient (Wildman–Crippen LogP) is 1.19. The van der Waals surface area contributed by atoms with Crippen molar-refractivity contribution in [2.24, 2.45) is 5.92 Å². The maximum Gasteiger partial charge on any atom is 0.241 e. The van der Waals surface area contributed by atoms with Gasteiger partial charge in [0, 0.05) is 12.3 Å². The van der Waals surface area contributed by atoms with Crippen LogP contribution in [0.1, 0.15) is 24.8 Å². The van der Waals surface area contributed by atoms with Crippen LogP contribution in [0.15, 0.2) is 24.3 Å². The van der Waals surface area contributed by atoms with E-state index in [2.05, 4.69) is 10.9 Å². The van der Waals surface area contributed by atoms with Crippen LogP contribution in [0.2, 0.25) is 0 Å². The van der Waals surface area contributed by atoms with Crippen molar-refractivity contribution in [1.29, 1.82) is 0 Å². The number of nitrogens with one attached hydrogen (secondary N) is 2. The molecule has 0 spiro atoms. The zero-order chi connectivity index (χ0) is 13.7. The lowest BCUT2D eigenvalue weighted by molar-refractivity contribution is -0.129. The van der Waals surface area contributed by atoms with Crippen LogP contribution in [0.3, 0.4) is 0 Å². The number of carbonyl (C=O) groups is 2. The Kier molecular flexibility index (Phi) is 4.39. The Morgan fingerprint density at radius 1 is 1.21 bits per heavy atom. The van der Waals surface area contributed by atoms with Crippen LogP contribution in [0.4, 0.5) is 0 Å². The van der Waals surface area contributed by atoms with Crippen molar-refractivity contribution >= 4 is 11.8 Å². The molecule has 0 unspecified atom stereocenters. The number of methoxy groups -OCH3 is 1. The van der Waals surface area contributed by atoms with Crippen LogP contribution in [0.5, 0.6) is 5.75 Å². The van der Waals surface area contributed by atoms with E-state index in [-0.39, 0.29) is 17.7 Å². The highest BCUT2D eigenvalue weighted by atomic mass is 16.5. The second-order valence-corrected chi connectivity index (χ2v) is 4.66. The van der Waals surface area contributed by atoms with E-state index in [0.29, 0.717) is 12.8 Å². The van der Waals surface area contributed by atoms with Gasteiger partial charge in [-0.1, -0.05) is 12.1 Å². The normalized spacial score (nSPS) is 13.7. The summed E-state index contributed by atoms with van der Waals surface area (Å²) in [6, 6.07) is 7.58. The standard InChI is InChI=1S/C14H18N2O3/c1-19-12-7-2-10(3-8-12)4-9-13(17)15-16-14(18)11-5-6-11/h2-3,7-8,11H,4-6,9H2,1H3,(H,15,17)(H,16,18). The molecule has 2 rings (SSSR count). The molecule has 19 heavy (non-hydrogen) atoms. The lowest BCUT2D eigenvalue weighted by Crippen LogP contribution is -2.42. The minimum Gasteiger partial charge on any atom is -0.497 e. The summed E-state index contributed by atoms with van der Waals surface area (Å²) in [6.07, 6.45) is 2.83. The lowest BCUT2D eigenvalue weighted by Gasteiger charge is -2.07. The molecular weight excluding hydrogens is 244 g/mol. The number of hydrogen-bond acceptors (Lipinski definition) is 3. The first-order chi connectivity index (χ1) is 9.19. The van der Waals surface area contributed by atoms with Crippen molar-refractivity contribution in [3.05, 3.63) is 29.8 Å². The largest absolute Gasteiger partial charge is 0.497 e. The Hall–Kier alpha value is -2.04. The summed E-state index contributed by atoms with van der Waals surface area (Å²) >= 11 is 0. The zero-order valence-electron chi connectivity index (χ0n) is 10.9. The van der Waals surface area contributed by atoms with Gasteiger partial charge < -0.3 is 4.74 Å². The minimum absolute atomic E-state index is 0.0854. The van der Waals surface area contributed by atoms with Crippen molar-refractivity contribution in [1.82, 2.24) is 10.9 Å². The summed E-state index contributed by atoms with van der Waals surface area (Å²) in [5.41, 5.74) is 5.93. The first kappa shape index (κ1) is 13.4. The van der Waals surface area contributed by atoms with Crippen LogP contribution >= 0.6 is 0 Å². The van der Waals surface area contributed by atoms with Gasteiger partial charge >= 0.3 is 0 Å². The molecule has 0 bridgehead atoms. The van der Waals surface area contributed by atoms with Gasteiger partial charge in [-0.2, -0.15) is 0 Å². The SMILES string of the molecule is COc1ccc(CCC(=O)NNC(=O)C2CC2)cc1. The van der Waals surface area contributed by atoms with Crippen molar-refractivity contribution in [3.63, 3.8) is 0 Å². The van der Waals surface area contributed by atoms with Crippen LogP contribution in [0, 0.1) is 5.92 Å². The van der Waals surface area contributed by atoms with Crippen LogP contribution in [0.25, 0.3) is 0 Å². The van der Waals surface area contributed by atoms with Gasteiger partial charge in [0.25, 0.3) is 0 Å². The smallest absolute Gasteiger partial charge is 0.241 e. The van der Waals surface area contributed by atoms with Crippen molar-refractivity contribution in [3.8, 4) is 5.75 Å². The molecule has 1 fully saturated rings. The Bertz CT molecular complexity index is 452. The van der Waals surface area contributed by atoms with E-state index in [0.717, 1.165) is 24.2 Å². The number of benzene rings is 1. The molecule has 0 atom stereocenters. The molecule has 102 valence electrons. The third kappa shape index (κ3) is 4.28. The number of carbonyl (C=O) groups excluding carboxylic acids is 2. The Balaban J connectivity index is 1.68. The molecule has 0 radical (unpaired) electrons. The molecule has 1 aliphatic carbocycles. The molecule has 5 nitrogen and oxygen atoms in total. The highest BCUT2D eigenvalue weighted by Gasteiger charge is 2.29. The van der Waals surface area contributed by atoms with E-state index in [1.807, 2.05) is 24.3 Å². The number of ether oxygens (including phenoxy) is 1. The molecule has 2 amide bonds. The fourth-order valence-corrected chi connectivity index (χ4v) is 1.69. The van der Waals surface area contributed by atoms with E-state index in [4.69, 9.17) is 4.74 Å². The van der Waals surface area contributed by atoms with Crippen molar-refractivity contribution < 1.29 is 14.3 Å². The predicted molar refractivity (Wildman–Crippen MR) is 70.3 cm³/mol. The van der Waals surface area contributed by atoms with Gasteiger partial charge in [-0.05, 0) is 37.0 Å². The molecule has 1 aromatic rings. The number of aryl methyl sites for hydroxylation is 1. The minimum atomic E-state index is -0.176. The fourth-order valence-electron chi connectivity index (χ4n) is 1.69. The molecule has 5 heteroatoms. The molecule has 2 N–H and O–H groups in total. The highest BCUT2D eigenvalue weighted by Crippen LogP contribution is 2.28. The van der Waals surface area contributed by atoms with E-state index < -0.39 is 0 Å². The van der Waals surface area contributed by atoms with Crippen molar-refractivity contribution in [2.75, 3.05) is 7.11 Å². The van der Waals surface area contributed by atoms with E-state index in [9.17, 15) is 9.59 Å². The Labute approximate surface area is 112 Å². The van der Waals surface area contributed by atoms with E-state index >= 15 is 0 Å². The number of amides is 2. The summed E-state index contributed by atoms with van der Waals surface area (Å²) in [6.45, 7) is 0. The quantitative estimate of drug-likeness (QED) is 0.783. The van der Waals surface area contributed by atoms with Crippen LogP contribution in [-0.4, -0.2) is 18.9 Å². The Morgan fingerprint density at radius 2 is 1.89 bits per heavy atom. The Morgan fingerprint density at radius 3 is 2.47 bits per heavy atom.